The van der Waals surface area contributed by atoms with Gasteiger partial charge in [0.1, 0.15) is 30.3 Å². The van der Waals surface area contributed by atoms with Gasteiger partial charge in [-0.2, -0.15) is 0 Å². The first kappa shape index (κ1) is 29.7. The Balaban J connectivity index is 1.78. The Morgan fingerprint density at radius 3 is 2.41 bits per heavy atom. The summed E-state index contributed by atoms with van der Waals surface area (Å²) in [6.45, 7) is 0.568. The van der Waals surface area contributed by atoms with E-state index < -0.39 is 41.7 Å². The molecule has 3 aromatic rings. The summed E-state index contributed by atoms with van der Waals surface area (Å²) in [5.41, 5.74) is 15.1. The Morgan fingerprint density at radius 1 is 1.05 bits per heavy atom. The van der Waals surface area contributed by atoms with Crippen molar-refractivity contribution < 1.29 is 28.6 Å². The summed E-state index contributed by atoms with van der Waals surface area (Å²) < 4.78 is 21.1. The molecule has 3 aromatic carbocycles. The number of carboxylic acids is 1. The molecule has 216 valence electrons. The first-order chi connectivity index (χ1) is 19.7. The lowest BCUT2D eigenvalue weighted by atomic mass is 9.95. The van der Waals surface area contributed by atoms with Crippen LogP contribution in [0.1, 0.15) is 29.5 Å². The maximum absolute atomic E-state index is 14.9. The van der Waals surface area contributed by atoms with Crippen molar-refractivity contribution in [1.29, 1.82) is 0 Å². The standard InChI is InChI=1S/C31H35FN4O5/c1-36-27(31(39)40)17-22-14-20(9-11-24(22)32)21-10-12-28(41-18-19-6-3-2-4-7-19)23(15-21)16-25(34)29(37)35-26(30(36)38)8-5-13-33/h2-4,6-7,9-12,14-15,25-27H,5,8,13,16-18,33-34H2,1H3,(H,35,37)(H,39,40)/t25?,26-,27?/m0/s1. The summed E-state index contributed by atoms with van der Waals surface area (Å²) in [5, 5.41) is 12.7. The van der Waals surface area contributed by atoms with E-state index in [9.17, 15) is 23.9 Å². The van der Waals surface area contributed by atoms with Crippen molar-refractivity contribution in [3.8, 4) is 16.9 Å². The van der Waals surface area contributed by atoms with E-state index >= 15 is 0 Å². The van der Waals surface area contributed by atoms with Crippen molar-refractivity contribution >= 4 is 17.8 Å². The summed E-state index contributed by atoms with van der Waals surface area (Å²) in [6, 6.07) is 16.1. The molecule has 1 aliphatic heterocycles. The molecule has 0 saturated carbocycles. The number of carbonyl (C=O) groups is 3. The molecule has 1 heterocycles. The Labute approximate surface area is 238 Å². The van der Waals surface area contributed by atoms with Crippen LogP contribution in [0.4, 0.5) is 4.39 Å². The summed E-state index contributed by atoms with van der Waals surface area (Å²) in [6.07, 6.45) is 0.436. The third-order valence-electron chi connectivity index (χ3n) is 7.28. The number of hydrogen-bond donors (Lipinski definition) is 4. The van der Waals surface area contributed by atoms with Gasteiger partial charge in [0.25, 0.3) is 0 Å². The van der Waals surface area contributed by atoms with E-state index in [0.29, 0.717) is 35.5 Å². The minimum Gasteiger partial charge on any atom is -0.489 e. The first-order valence-electron chi connectivity index (χ1n) is 13.5. The first-order valence-corrected chi connectivity index (χ1v) is 13.5. The number of halogens is 1. The number of nitrogens with two attached hydrogens (primary N) is 2. The zero-order chi connectivity index (χ0) is 29.5. The van der Waals surface area contributed by atoms with Crippen molar-refractivity contribution in [2.75, 3.05) is 13.6 Å². The molecular formula is C31H35FN4O5. The smallest absolute Gasteiger partial charge is 0.326 e. The zero-order valence-electron chi connectivity index (χ0n) is 22.9. The highest BCUT2D eigenvalue weighted by atomic mass is 19.1. The Morgan fingerprint density at radius 2 is 1.73 bits per heavy atom. The van der Waals surface area contributed by atoms with E-state index in [2.05, 4.69) is 5.32 Å². The molecule has 4 bridgehead atoms. The highest BCUT2D eigenvalue weighted by molar-refractivity contribution is 5.92. The number of nitrogens with zero attached hydrogens (tertiary/aromatic N) is 1. The van der Waals surface area contributed by atoms with E-state index in [4.69, 9.17) is 16.2 Å². The minimum absolute atomic E-state index is 0.100. The summed E-state index contributed by atoms with van der Waals surface area (Å²) in [4.78, 5) is 39.9. The van der Waals surface area contributed by atoms with Crippen LogP contribution >= 0.6 is 0 Å². The number of likely N-dealkylation sites (N-methyl/N-ethyl adjacent to an activating group) is 1. The lowest BCUT2D eigenvalue weighted by Crippen LogP contribution is -2.55. The summed E-state index contributed by atoms with van der Waals surface area (Å²) >= 11 is 0. The lowest BCUT2D eigenvalue weighted by Gasteiger charge is -2.30. The molecule has 4 rings (SSSR count). The largest absolute Gasteiger partial charge is 0.489 e. The topological polar surface area (TPSA) is 148 Å². The van der Waals surface area contributed by atoms with Crippen LogP contribution in [0.2, 0.25) is 0 Å². The molecule has 0 aliphatic carbocycles. The molecule has 0 fully saturated rings. The number of fused-ring (bicyclic) bond motifs is 5. The number of nitrogens with one attached hydrogen (secondary N) is 1. The van der Waals surface area contributed by atoms with Crippen LogP contribution in [0.25, 0.3) is 11.1 Å². The number of hydrogen-bond acceptors (Lipinski definition) is 6. The van der Waals surface area contributed by atoms with Crippen LogP contribution in [-0.2, 0) is 33.8 Å². The molecule has 1 aliphatic rings. The van der Waals surface area contributed by atoms with Crippen molar-refractivity contribution in [3.05, 3.63) is 89.2 Å². The van der Waals surface area contributed by atoms with Crippen molar-refractivity contribution in [2.24, 2.45) is 11.5 Å². The second kappa shape index (κ2) is 13.4. The second-order valence-electron chi connectivity index (χ2n) is 10.2. The van der Waals surface area contributed by atoms with Gasteiger partial charge in [-0.1, -0.05) is 42.5 Å². The van der Waals surface area contributed by atoms with Crippen molar-refractivity contribution in [3.63, 3.8) is 0 Å². The SMILES string of the molecule is CN1C(=O)[C@H](CCCN)NC(=O)C(N)Cc2cc(ccc2OCc2ccccc2)-c2ccc(F)c(c2)CC1C(=O)O. The van der Waals surface area contributed by atoms with Crippen LogP contribution in [0, 0.1) is 5.82 Å². The molecule has 0 saturated heterocycles. The second-order valence-corrected chi connectivity index (χ2v) is 10.2. The van der Waals surface area contributed by atoms with Gasteiger partial charge in [-0.15, -0.1) is 0 Å². The fourth-order valence-corrected chi connectivity index (χ4v) is 4.89. The van der Waals surface area contributed by atoms with Gasteiger partial charge < -0.3 is 31.5 Å². The summed E-state index contributed by atoms with van der Waals surface area (Å²) in [7, 11) is 1.34. The number of ether oxygens (including phenoxy) is 1. The van der Waals surface area contributed by atoms with Gasteiger partial charge in [0, 0.05) is 19.9 Å². The zero-order valence-corrected chi connectivity index (χ0v) is 22.9. The summed E-state index contributed by atoms with van der Waals surface area (Å²) in [5.74, 6) is -2.53. The predicted octanol–water partition coefficient (Wildman–Crippen LogP) is 2.63. The average Bonchev–Trinajstić information content (AvgIpc) is 2.97. The van der Waals surface area contributed by atoms with Gasteiger partial charge in [-0.3, -0.25) is 9.59 Å². The monoisotopic (exact) mass is 562 g/mol. The van der Waals surface area contributed by atoms with Gasteiger partial charge in [-0.05, 0) is 71.5 Å². The fourth-order valence-electron chi connectivity index (χ4n) is 4.89. The third-order valence-corrected chi connectivity index (χ3v) is 7.28. The predicted molar refractivity (Wildman–Crippen MR) is 152 cm³/mol. The molecule has 3 atom stereocenters. The molecule has 2 amide bonds. The Kier molecular flexibility index (Phi) is 9.69. The quantitative estimate of drug-likeness (QED) is 0.346. The minimum atomic E-state index is -1.37. The van der Waals surface area contributed by atoms with E-state index in [1.54, 1.807) is 18.2 Å². The van der Waals surface area contributed by atoms with E-state index in [1.807, 2.05) is 42.5 Å². The molecular weight excluding hydrogens is 527 g/mol. The Bertz CT molecular complexity index is 1400. The van der Waals surface area contributed by atoms with Crippen LogP contribution in [0.3, 0.4) is 0 Å². The highest BCUT2D eigenvalue weighted by Gasteiger charge is 2.33. The number of rotatable bonds is 7. The third kappa shape index (κ3) is 7.27. The van der Waals surface area contributed by atoms with Crippen molar-refractivity contribution in [2.45, 2.75) is 50.4 Å². The van der Waals surface area contributed by atoms with Crippen LogP contribution in [0.15, 0.2) is 66.7 Å². The van der Waals surface area contributed by atoms with Crippen LogP contribution < -0.4 is 21.5 Å². The van der Waals surface area contributed by atoms with Crippen LogP contribution in [-0.4, -0.2) is 59.5 Å². The number of aliphatic carboxylic acids is 1. The maximum atomic E-state index is 14.9. The van der Waals surface area contributed by atoms with E-state index in [0.717, 1.165) is 10.5 Å². The molecule has 0 spiro atoms. The molecule has 6 N–H and O–H groups in total. The fraction of sp³-hybridized carbons (Fsp3) is 0.323. The van der Waals surface area contributed by atoms with E-state index in [-0.39, 0.29) is 31.4 Å². The van der Waals surface area contributed by atoms with Gasteiger partial charge in [0.05, 0.1) is 6.04 Å². The van der Waals surface area contributed by atoms with Gasteiger partial charge in [0.15, 0.2) is 0 Å². The molecule has 41 heavy (non-hydrogen) atoms. The molecule has 10 heteroatoms. The van der Waals surface area contributed by atoms with Crippen molar-refractivity contribution in [1.82, 2.24) is 10.2 Å². The molecule has 0 aromatic heterocycles. The van der Waals surface area contributed by atoms with E-state index in [1.165, 1.54) is 13.1 Å². The number of benzene rings is 3. The Hall–Kier alpha value is -4.28. The number of carbonyl (C=O) groups excluding carboxylic acids is 2. The van der Waals surface area contributed by atoms with Crippen LogP contribution in [0.5, 0.6) is 5.75 Å². The molecule has 2 unspecified atom stereocenters. The van der Waals surface area contributed by atoms with Gasteiger partial charge in [0.2, 0.25) is 11.8 Å². The molecule has 0 radical (unpaired) electrons. The maximum Gasteiger partial charge on any atom is 0.326 e. The lowest BCUT2D eigenvalue weighted by molar-refractivity contribution is -0.150. The van der Waals surface area contributed by atoms with Gasteiger partial charge in [-0.25, -0.2) is 9.18 Å². The number of carboxylic acid groups (broad SMARTS) is 1. The highest BCUT2D eigenvalue weighted by Crippen LogP contribution is 2.30. The normalized spacial score (nSPS) is 19.6. The average molecular weight is 563 g/mol. The number of amides is 2. The molecule has 9 nitrogen and oxygen atoms in total. The van der Waals surface area contributed by atoms with Gasteiger partial charge >= 0.3 is 5.97 Å².